The van der Waals surface area contributed by atoms with E-state index in [1.54, 1.807) is 18.6 Å². The number of hydrogen-bond donors (Lipinski definition) is 0. The van der Waals surface area contributed by atoms with Crippen molar-refractivity contribution in [1.82, 2.24) is 19.3 Å². The number of Topliss-reactive ketones (excluding diaryl/α,β-unsaturated/α-hetero) is 1. The molecule has 6 heteroatoms. The monoisotopic (exact) mass is 442 g/mol. The number of nitrogens with zero attached hydrogens (tertiary/aromatic N) is 4. The molecule has 3 heterocycles. The summed E-state index contributed by atoms with van der Waals surface area (Å²) in [5.74, 6) is 0.533. The summed E-state index contributed by atoms with van der Waals surface area (Å²) in [4.78, 5) is 17.5. The molecule has 1 unspecified atom stereocenters. The van der Waals surface area contributed by atoms with E-state index in [9.17, 15) is 9.18 Å². The standard InChI is InChI=1S/C27H27FN4O/c1-2-32-23-12-19(10-11-20(23)14-30-32)17-6-8-18(9-7-17)26(33)13-24-27-21(4-3-5-22(27)28)25-15-29-16-31(24)25/h3-5,10-12,14-18,24H,2,6-9,13H2,1H3. The molecule has 0 amide bonds. The molecule has 0 saturated heterocycles. The third-order valence-electron chi connectivity index (χ3n) is 7.68. The molecule has 1 saturated carbocycles. The Hall–Kier alpha value is -3.28. The first-order valence-corrected chi connectivity index (χ1v) is 11.9. The minimum atomic E-state index is -0.291. The molecule has 1 aliphatic heterocycles. The number of carbonyl (C=O) groups excluding carboxylic acids is 1. The lowest BCUT2D eigenvalue weighted by molar-refractivity contribution is -0.124. The van der Waals surface area contributed by atoms with Gasteiger partial charge in [-0.25, -0.2) is 9.37 Å². The van der Waals surface area contributed by atoms with E-state index in [0.29, 0.717) is 17.9 Å². The molecule has 2 aromatic carbocycles. The zero-order valence-electron chi connectivity index (χ0n) is 18.7. The highest BCUT2D eigenvalue weighted by molar-refractivity contribution is 5.83. The van der Waals surface area contributed by atoms with E-state index >= 15 is 0 Å². The van der Waals surface area contributed by atoms with Gasteiger partial charge in [0.1, 0.15) is 11.6 Å². The van der Waals surface area contributed by atoms with Gasteiger partial charge >= 0.3 is 0 Å². The Bertz CT molecular complexity index is 1350. The van der Waals surface area contributed by atoms with Crippen molar-refractivity contribution in [3.05, 3.63) is 72.1 Å². The van der Waals surface area contributed by atoms with E-state index in [1.807, 2.05) is 21.5 Å². The second-order valence-electron chi connectivity index (χ2n) is 9.40. The van der Waals surface area contributed by atoms with Gasteiger partial charge in [-0.2, -0.15) is 5.10 Å². The molecule has 168 valence electrons. The van der Waals surface area contributed by atoms with E-state index in [1.165, 1.54) is 22.5 Å². The topological polar surface area (TPSA) is 52.7 Å². The molecule has 0 bridgehead atoms. The maximum absolute atomic E-state index is 14.7. The zero-order valence-corrected chi connectivity index (χ0v) is 18.7. The van der Waals surface area contributed by atoms with Crippen LogP contribution in [0.2, 0.25) is 0 Å². The molecule has 5 nitrogen and oxygen atoms in total. The predicted octanol–water partition coefficient (Wildman–Crippen LogP) is 5.89. The van der Waals surface area contributed by atoms with Crippen LogP contribution < -0.4 is 0 Å². The van der Waals surface area contributed by atoms with Crippen molar-refractivity contribution in [2.75, 3.05) is 0 Å². The van der Waals surface area contributed by atoms with Crippen LogP contribution in [0.15, 0.2) is 55.1 Å². The number of imidazole rings is 1. The summed E-state index contributed by atoms with van der Waals surface area (Å²) >= 11 is 0. The smallest absolute Gasteiger partial charge is 0.138 e. The molecule has 0 radical (unpaired) electrons. The van der Waals surface area contributed by atoms with Crippen molar-refractivity contribution < 1.29 is 9.18 Å². The Labute approximate surface area is 192 Å². The van der Waals surface area contributed by atoms with Crippen LogP contribution in [0.3, 0.4) is 0 Å². The molecule has 6 rings (SSSR count). The third-order valence-corrected chi connectivity index (χ3v) is 7.68. The summed E-state index contributed by atoms with van der Waals surface area (Å²) in [6, 6.07) is 11.5. The normalized spacial score (nSPS) is 21.8. The van der Waals surface area contributed by atoms with Crippen molar-refractivity contribution >= 4 is 16.7 Å². The van der Waals surface area contributed by atoms with Crippen molar-refractivity contribution in [3.63, 3.8) is 0 Å². The molecule has 1 aliphatic carbocycles. The molecule has 4 aromatic rings. The van der Waals surface area contributed by atoms with Crippen molar-refractivity contribution in [2.24, 2.45) is 5.92 Å². The number of aromatic nitrogens is 4. The average Bonchev–Trinajstić information content (AvgIpc) is 3.55. The number of halogens is 1. The van der Waals surface area contributed by atoms with Gasteiger partial charge in [0, 0.05) is 35.4 Å². The maximum atomic E-state index is 14.7. The molecule has 1 fully saturated rings. The van der Waals surface area contributed by atoms with Crippen LogP contribution in [-0.4, -0.2) is 25.1 Å². The van der Waals surface area contributed by atoms with Gasteiger partial charge in [0.05, 0.1) is 36.0 Å². The van der Waals surface area contributed by atoms with Gasteiger partial charge in [0.15, 0.2) is 0 Å². The lowest BCUT2D eigenvalue weighted by Crippen LogP contribution is -2.24. The Balaban J connectivity index is 1.16. The number of carbonyl (C=O) groups is 1. The minimum Gasteiger partial charge on any atom is -0.322 e. The zero-order chi connectivity index (χ0) is 22.5. The minimum absolute atomic E-state index is 0.0499. The first-order valence-electron chi connectivity index (χ1n) is 11.9. The van der Waals surface area contributed by atoms with E-state index in [0.717, 1.165) is 43.5 Å². The predicted molar refractivity (Wildman–Crippen MR) is 125 cm³/mol. The fourth-order valence-corrected chi connectivity index (χ4v) is 5.90. The fourth-order valence-electron chi connectivity index (χ4n) is 5.90. The fraction of sp³-hybridized carbons (Fsp3) is 0.370. The van der Waals surface area contributed by atoms with E-state index in [4.69, 9.17) is 0 Å². The van der Waals surface area contributed by atoms with Crippen LogP contribution in [0, 0.1) is 11.7 Å². The Morgan fingerprint density at radius 3 is 2.79 bits per heavy atom. The highest BCUT2D eigenvalue weighted by atomic mass is 19.1. The molecule has 0 N–H and O–H groups in total. The summed E-state index contributed by atoms with van der Waals surface area (Å²) in [5.41, 5.74) is 4.92. The van der Waals surface area contributed by atoms with Crippen LogP contribution in [0.5, 0.6) is 0 Å². The number of benzene rings is 2. The van der Waals surface area contributed by atoms with Gasteiger partial charge in [0.25, 0.3) is 0 Å². The number of ketones is 1. The van der Waals surface area contributed by atoms with Gasteiger partial charge in [-0.15, -0.1) is 0 Å². The second kappa shape index (κ2) is 7.94. The number of fused-ring (bicyclic) bond motifs is 4. The van der Waals surface area contributed by atoms with Crippen LogP contribution in [0.1, 0.15) is 62.1 Å². The van der Waals surface area contributed by atoms with Crippen LogP contribution in [0.25, 0.3) is 22.2 Å². The lowest BCUT2D eigenvalue weighted by Gasteiger charge is -2.29. The molecule has 1 atom stereocenters. The number of aryl methyl sites for hydroxylation is 1. The van der Waals surface area contributed by atoms with Gasteiger partial charge < -0.3 is 4.57 Å². The Morgan fingerprint density at radius 2 is 1.97 bits per heavy atom. The van der Waals surface area contributed by atoms with Crippen LogP contribution in [0.4, 0.5) is 4.39 Å². The largest absolute Gasteiger partial charge is 0.322 e. The van der Waals surface area contributed by atoms with E-state index < -0.39 is 0 Å². The first-order chi connectivity index (χ1) is 16.1. The summed E-state index contributed by atoms with van der Waals surface area (Å²) in [5, 5.41) is 5.63. The lowest BCUT2D eigenvalue weighted by atomic mass is 9.76. The maximum Gasteiger partial charge on any atom is 0.138 e. The molecule has 2 aliphatic rings. The van der Waals surface area contributed by atoms with Gasteiger partial charge in [-0.05, 0) is 56.2 Å². The average molecular weight is 443 g/mol. The SMILES string of the molecule is CCn1ncc2ccc(C3CCC(C(=O)CC4c5c(F)cccc5-c5cncn54)CC3)cc21. The first kappa shape index (κ1) is 20.3. The second-order valence-corrected chi connectivity index (χ2v) is 9.40. The van der Waals surface area contributed by atoms with Crippen molar-refractivity contribution in [2.45, 2.75) is 57.5 Å². The van der Waals surface area contributed by atoms with Gasteiger partial charge in [-0.1, -0.05) is 24.3 Å². The third kappa shape index (κ3) is 3.31. The summed E-state index contributed by atoms with van der Waals surface area (Å²) < 4.78 is 18.7. The molecular formula is C27H27FN4O. The van der Waals surface area contributed by atoms with Crippen LogP contribution in [-0.2, 0) is 11.3 Å². The van der Waals surface area contributed by atoms with E-state index in [2.05, 4.69) is 35.2 Å². The summed E-state index contributed by atoms with van der Waals surface area (Å²) in [7, 11) is 0. The molecule has 33 heavy (non-hydrogen) atoms. The van der Waals surface area contributed by atoms with Gasteiger partial charge in [0.2, 0.25) is 0 Å². The highest BCUT2D eigenvalue weighted by Gasteiger charge is 2.35. The Kier molecular flexibility index (Phi) is 4.89. The van der Waals surface area contributed by atoms with Gasteiger partial charge in [-0.3, -0.25) is 9.48 Å². The highest BCUT2D eigenvalue weighted by Crippen LogP contribution is 2.44. The van der Waals surface area contributed by atoms with Crippen molar-refractivity contribution in [3.8, 4) is 11.3 Å². The van der Waals surface area contributed by atoms with Crippen LogP contribution >= 0.6 is 0 Å². The van der Waals surface area contributed by atoms with E-state index in [-0.39, 0.29) is 23.6 Å². The quantitative estimate of drug-likeness (QED) is 0.387. The molecule has 0 spiro atoms. The number of hydrogen-bond acceptors (Lipinski definition) is 3. The molecular weight excluding hydrogens is 415 g/mol. The Morgan fingerprint density at radius 1 is 1.12 bits per heavy atom. The summed E-state index contributed by atoms with van der Waals surface area (Å²) in [6.45, 7) is 2.97. The van der Waals surface area contributed by atoms with Crippen molar-refractivity contribution in [1.29, 1.82) is 0 Å². The number of rotatable bonds is 5. The summed E-state index contributed by atoms with van der Waals surface area (Å²) in [6.07, 6.45) is 9.53. The molecule has 2 aromatic heterocycles.